The molecule has 1 saturated heterocycles. The van der Waals surface area contributed by atoms with Gasteiger partial charge in [-0.3, -0.25) is 10.1 Å². The van der Waals surface area contributed by atoms with E-state index in [0.717, 1.165) is 24.1 Å². The van der Waals surface area contributed by atoms with Crippen LogP contribution in [0.1, 0.15) is 30.1 Å². The number of amides is 1. The number of rotatable bonds is 5. The first-order valence-corrected chi connectivity index (χ1v) is 13.5. The second-order valence-corrected chi connectivity index (χ2v) is 11.3. The largest absolute Gasteiger partial charge is 0.486 e. The molecule has 0 atom stereocenters. The number of benzene rings is 2. The van der Waals surface area contributed by atoms with Crippen LogP contribution in [0.5, 0.6) is 11.5 Å². The standard InChI is InChI=1S/C24H25N3O5S2/c1-16-8-10-27(11-9-16)34(29,30)19-5-2-17(3-6-19)23(28)26-24-25-20(15-33-24)18-4-7-21-22(14-18)32-13-12-31-21/h2-7,14-16H,8-13H2,1H3,(H,25,26,28). The Morgan fingerprint density at radius 1 is 1.06 bits per heavy atom. The first-order chi connectivity index (χ1) is 16.4. The van der Waals surface area contributed by atoms with Crippen LogP contribution in [-0.4, -0.2) is 49.9 Å². The maximum Gasteiger partial charge on any atom is 0.257 e. The molecule has 34 heavy (non-hydrogen) atoms. The Morgan fingerprint density at radius 2 is 1.76 bits per heavy atom. The van der Waals surface area contributed by atoms with Crippen LogP contribution in [0.2, 0.25) is 0 Å². The molecular formula is C24H25N3O5S2. The van der Waals surface area contributed by atoms with Crippen molar-refractivity contribution in [1.29, 1.82) is 0 Å². The summed E-state index contributed by atoms with van der Waals surface area (Å²) < 4.78 is 38.5. The van der Waals surface area contributed by atoms with Gasteiger partial charge in [-0.05, 0) is 61.2 Å². The highest BCUT2D eigenvalue weighted by atomic mass is 32.2. The molecule has 2 aliphatic heterocycles. The van der Waals surface area contributed by atoms with Gasteiger partial charge in [0.15, 0.2) is 16.6 Å². The van der Waals surface area contributed by atoms with Crippen LogP contribution < -0.4 is 14.8 Å². The molecule has 0 aliphatic carbocycles. The first kappa shape index (κ1) is 22.8. The number of ether oxygens (including phenoxy) is 2. The lowest BCUT2D eigenvalue weighted by Gasteiger charge is -2.29. The molecule has 1 amide bonds. The molecule has 1 fully saturated rings. The molecule has 0 bridgehead atoms. The SMILES string of the molecule is CC1CCN(S(=O)(=O)c2ccc(C(=O)Nc3nc(-c4ccc5c(c4)OCCO5)cs3)cc2)CC1. The van der Waals surface area contributed by atoms with E-state index in [1.807, 2.05) is 23.6 Å². The first-order valence-electron chi connectivity index (χ1n) is 11.2. The molecule has 2 aliphatic rings. The molecule has 0 saturated carbocycles. The lowest BCUT2D eigenvalue weighted by atomic mass is 10.0. The molecule has 1 aromatic heterocycles. The number of sulfonamides is 1. The minimum Gasteiger partial charge on any atom is -0.486 e. The lowest BCUT2D eigenvalue weighted by Crippen LogP contribution is -2.37. The minimum atomic E-state index is -3.55. The number of hydrogen-bond donors (Lipinski definition) is 1. The van der Waals surface area contributed by atoms with Crippen LogP contribution in [0.4, 0.5) is 5.13 Å². The summed E-state index contributed by atoms with van der Waals surface area (Å²) in [6.45, 7) is 4.23. The van der Waals surface area contributed by atoms with Crippen molar-refractivity contribution < 1.29 is 22.7 Å². The molecule has 3 aromatic rings. The summed E-state index contributed by atoms with van der Waals surface area (Å²) in [5.74, 6) is 1.58. The fraction of sp³-hybridized carbons (Fsp3) is 0.333. The van der Waals surface area contributed by atoms with Crippen LogP contribution in [0, 0.1) is 5.92 Å². The topological polar surface area (TPSA) is 97.8 Å². The van der Waals surface area contributed by atoms with Crippen LogP contribution in [0.3, 0.4) is 0 Å². The van der Waals surface area contributed by atoms with Crippen molar-refractivity contribution in [1.82, 2.24) is 9.29 Å². The molecule has 0 radical (unpaired) electrons. The van der Waals surface area contributed by atoms with Crippen LogP contribution >= 0.6 is 11.3 Å². The maximum atomic E-state index is 12.9. The zero-order valence-corrected chi connectivity index (χ0v) is 20.3. The fourth-order valence-corrected chi connectivity index (χ4v) is 6.17. The Bertz CT molecular complexity index is 1300. The molecule has 2 aromatic carbocycles. The number of hydrogen-bond acceptors (Lipinski definition) is 7. The fourth-order valence-electron chi connectivity index (χ4n) is 3.99. The third-order valence-electron chi connectivity index (χ3n) is 6.06. The molecule has 1 N–H and O–H groups in total. The van der Waals surface area contributed by atoms with Crippen molar-refractivity contribution >= 4 is 32.4 Å². The number of anilines is 1. The summed E-state index contributed by atoms with van der Waals surface area (Å²) in [6, 6.07) is 11.7. The van der Waals surface area contributed by atoms with Gasteiger partial charge < -0.3 is 9.47 Å². The quantitative estimate of drug-likeness (QED) is 0.564. The van der Waals surface area contributed by atoms with Gasteiger partial charge in [0.1, 0.15) is 13.2 Å². The van der Waals surface area contributed by atoms with Gasteiger partial charge in [0.2, 0.25) is 10.0 Å². The number of thiazole rings is 1. The summed E-state index contributed by atoms with van der Waals surface area (Å²) in [7, 11) is -3.55. The van der Waals surface area contributed by atoms with E-state index in [-0.39, 0.29) is 10.8 Å². The summed E-state index contributed by atoms with van der Waals surface area (Å²) in [6.07, 6.45) is 1.73. The van der Waals surface area contributed by atoms with Gasteiger partial charge in [0.25, 0.3) is 5.91 Å². The smallest absolute Gasteiger partial charge is 0.257 e. The van der Waals surface area contributed by atoms with Gasteiger partial charge in [-0.25, -0.2) is 13.4 Å². The van der Waals surface area contributed by atoms with Gasteiger partial charge in [0.05, 0.1) is 10.6 Å². The van der Waals surface area contributed by atoms with Gasteiger partial charge >= 0.3 is 0 Å². The number of nitrogens with zero attached hydrogens (tertiary/aromatic N) is 2. The molecule has 10 heteroatoms. The van der Waals surface area contributed by atoms with Crippen molar-refractivity contribution in [3.05, 3.63) is 53.4 Å². The average Bonchev–Trinajstić information content (AvgIpc) is 3.32. The van der Waals surface area contributed by atoms with Crippen molar-refractivity contribution in [2.75, 3.05) is 31.6 Å². The Balaban J connectivity index is 1.26. The van der Waals surface area contributed by atoms with Crippen molar-refractivity contribution in [3.63, 3.8) is 0 Å². The zero-order chi connectivity index (χ0) is 23.7. The Hall–Kier alpha value is -2.95. The van der Waals surface area contributed by atoms with E-state index in [9.17, 15) is 13.2 Å². The van der Waals surface area contributed by atoms with E-state index in [4.69, 9.17) is 9.47 Å². The predicted molar refractivity (Wildman–Crippen MR) is 130 cm³/mol. The van der Waals surface area contributed by atoms with Crippen LogP contribution in [-0.2, 0) is 10.0 Å². The van der Waals surface area contributed by atoms with Crippen LogP contribution in [0.15, 0.2) is 52.7 Å². The zero-order valence-electron chi connectivity index (χ0n) is 18.7. The van der Waals surface area contributed by atoms with E-state index in [1.54, 1.807) is 0 Å². The highest BCUT2D eigenvalue weighted by Gasteiger charge is 2.28. The second kappa shape index (κ2) is 9.36. The van der Waals surface area contributed by atoms with E-state index in [1.165, 1.54) is 39.9 Å². The number of piperidine rings is 1. The van der Waals surface area contributed by atoms with Crippen molar-refractivity contribution in [3.8, 4) is 22.8 Å². The number of aromatic nitrogens is 1. The molecule has 5 rings (SSSR count). The van der Waals surface area contributed by atoms with Crippen molar-refractivity contribution in [2.45, 2.75) is 24.7 Å². The van der Waals surface area contributed by atoms with Crippen molar-refractivity contribution in [2.24, 2.45) is 5.92 Å². The second-order valence-electron chi connectivity index (χ2n) is 8.46. The van der Waals surface area contributed by atoms with Gasteiger partial charge in [-0.1, -0.05) is 6.92 Å². The monoisotopic (exact) mass is 499 g/mol. The summed E-state index contributed by atoms with van der Waals surface area (Å²) >= 11 is 1.31. The number of nitrogens with one attached hydrogen (secondary N) is 1. The Labute approximate surface area is 202 Å². The number of carbonyl (C=O) groups is 1. The molecule has 178 valence electrons. The van der Waals surface area contributed by atoms with E-state index >= 15 is 0 Å². The number of carbonyl (C=O) groups excluding carboxylic acids is 1. The lowest BCUT2D eigenvalue weighted by molar-refractivity contribution is 0.102. The summed E-state index contributed by atoms with van der Waals surface area (Å²) in [5, 5.41) is 5.10. The van der Waals surface area contributed by atoms with Gasteiger partial charge in [-0.2, -0.15) is 4.31 Å². The molecule has 0 unspecified atom stereocenters. The molecule has 0 spiro atoms. The minimum absolute atomic E-state index is 0.203. The predicted octanol–water partition coefficient (Wildman–Crippen LogP) is 4.25. The van der Waals surface area contributed by atoms with Gasteiger partial charge in [-0.15, -0.1) is 11.3 Å². The summed E-state index contributed by atoms with van der Waals surface area (Å²) in [4.78, 5) is 17.4. The molecule has 3 heterocycles. The molecule has 8 nitrogen and oxygen atoms in total. The number of fused-ring (bicyclic) bond motifs is 1. The normalized spacial score (nSPS) is 16.9. The van der Waals surface area contributed by atoms with E-state index in [0.29, 0.717) is 54.4 Å². The Kier molecular flexibility index (Phi) is 6.28. The van der Waals surface area contributed by atoms with Crippen LogP contribution in [0.25, 0.3) is 11.3 Å². The summed E-state index contributed by atoms with van der Waals surface area (Å²) in [5.41, 5.74) is 1.94. The average molecular weight is 500 g/mol. The van der Waals surface area contributed by atoms with E-state index < -0.39 is 10.0 Å². The Morgan fingerprint density at radius 3 is 2.50 bits per heavy atom. The highest BCUT2D eigenvalue weighted by molar-refractivity contribution is 7.89. The maximum absolute atomic E-state index is 12.9. The third-order valence-corrected chi connectivity index (χ3v) is 8.73. The highest BCUT2D eigenvalue weighted by Crippen LogP contribution is 2.35. The van der Waals surface area contributed by atoms with E-state index in [2.05, 4.69) is 17.2 Å². The van der Waals surface area contributed by atoms with Gasteiger partial charge in [0, 0.05) is 29.6 Å². The molecular weight excluding hydrogens is 474 g/mol. The third kappa shape index (κ3) is 4.66.